The van der Waals surface area contributed by atoms with Crippen LogP contribution in [0.2, 0.25) is 0 Å². The standard InChI is InChI=1S/C13H9NO/c1-2-7-13-10(5-1)11(9-15-13)12-6-3-4-8-14-12/h1-9H. The van der Waals surface area contributed by atoms with E-state index in [4.69, 9.17) is 4.42 Å². The zero-order valence-electron chi connectivity index (χ0n) is 8.05. The Labute approximate surface area is 87.2 Å². The highest BCUT2D eigenvalue weighted by atomic mass is 16.3. The fraction of sp³-hybridized carbons (Fsp3) is 0. The van der Waals surface area contributed by atoms with Crippen LogP contribution in [0.5, 0.6) is 0 Å². The second-order valence-electron chi connectivity index (χ2n) is 3.36. The summed E-state index contributed by atoms with van der Waals surface area (Å²) in [7, 11) is 0. The fourth-order valence-corrected chi connectivity index (χ4v) is 1.70. The van der Waals surface area contributed by atoms with Gasteiger partial charge in [-0.05, 0) is 18.2 Å². The highest BCUT2D eigenvalue weighted by molar-refractivity contribution is 5.92. The van der Waals surface area contributed by atoms with E-state index < -0.39 is 0 Å². The first-order chi connectivity index (χ1) is 7.45. The number of hydrogen-bond acceptors (Lipinski definition) is 2. The lowest BCUT2D eigenvalue weighted by Crippen LogP contribution is -1.78. The Morgan fingerprint density at radius 3 is 2.67 bits per heavy atom. The highest BCUT2D eigenvalue weighted by Gasteiger charge is 2.07. The maximum Gasteiger partial charge on any atom is 0.134 e. The molecule has 15 heavy (non-hydrogen) atoms. The van der Waals surface area contributed by atoms with Gasteiger partial charge in [-0.15, -0.1) is 0 Å². The number of hydrogen-bond donors (Lipinski definition) is 0. The number of benzene rings is 1. The summed E-state index contributed by atoms with van der Waals surface area (Å²) in [5.41, 5.74) is 2.90. The lowest BCUT2D eigenvalue weighted by molar-refractivity contribution is 0.617. The van der Waals surface area contributed by atoms with E-state index in [1.165, 1.54) is 0 Å². The van der Waals surface area contributed by atoms with E-state index in [0.29, 0.717) is 0 Å². The van der Waals surface area contributed by atoms with Crippen LogP contribution in [0.15, 0.2) is 59.3 Å². The Morgan fingerprint density at radius 1 is 0.933 bits per heavy atom. The number of para-hydroxylation sites is 1. The third-order valence-corrected chi connectivity index (χ3v) is 2.42. The maximum atomic E-state index is 5.46. The Balaban J connectivity index is 2.28. The molecule has 0 unspecified atom stereocenters. The molecule has 2 heteroatoms. The number of rotatable bonds is 1. The molecule has 3 aromatic rings. The normalized spacial score (nSPS) is 10.7. The summed E-state index contributed by atoms with van der Waals surface area (Å²) in [5, 5.41) is 1.11. The van der Waals surface area contributed by atoms with Gasteiger partial charge < -0.3 is 4.42 Å². The van der Waals surface area contributed by atoms with Crippen LogP contribution in [0.25, 0.3) is 22.2 Å². The first-order valence-electron chi connectivity index (χ1n) is 4.83. The SMILES string of the molecule is c1ccc(-c2coc3ccccc23)nc1. The summed E-state index contributed by atoms with van der Waals surface area (Å²) < 4.78 is 5.46. The topological polar surface area (TPSA) is 26.0 Å². The Bertz CT molecular complexity index is 584. The minimum atomic E-state index is 0.901. The van der Waals surface area contributed by atoms with Crippen LogP contribution in [0, 0.1) is 0 Å². The lowest BCUT2D eigenvalue weighted by atomic mass is 10.1. The first-order valence-corrected chi connectivity index (χ1v) is 4.83. The monoisotopic (exact) mass is 195 g/mol. The van der Waals surface area contributed by atoms with E-state index in [1.54, 1.807) is 12.5 Å². The van der Waals surface area contributed by atoms with E-state index in [2.05, 4.69) is 4.98 Å². The molecule has 2 nitrogen and oxygen atoms in total. The lowest BCUT2D eigenvalue weighted by Gasteiger charge is -1.95. The number of aromatic nitrogens is 1. The van der Waals surface area contributed by atoms with Crippen LogP contribution in [-0.4, -0.2) is 4.98 Å². The Kier molecular flexibility index (Phi) is 1.78. The molecule has 3 rings (SSSR count). The van der Waals surface area contributed by atoms with Crippen molar-refractivity contribution < 1.29 is 4.42 Å². The van der Waals surface area contributed by atoms with Gasteiger partial charge in [0.2, 0.25) is 0 Å². The van der Waals surface area contributed by atoms with Gasteiger partial charge in [0.25, 0.3) is 0 Å². The fourth-order valence-electron chi connectivity index (χ4n) is 1.70. The molecule has 0 N–H and O–H groups in total. The molecule has 2 aromatic heterocycles. The predicted octanol–water partition coefficient (Wildman–Crippen LogP) is 3.49. The summed E-state index contributed by atoms with van der Waals surface area (Å²) >= 11 is 0. The molecule has 0 saturated heterocycles. The van der Waals surface area contributed by atoms with Gasteiger partial charge in [0.15, 0.2) is 0 Å². The van der Waals surface area contributed by atoms with Crippen LogP contribution in [-0.2, 0) is 0 Å². The summed E-state index contributed by atoms with van der Waals surface area (Å²) in [6.07, 6.45) is 3.55. The van der Waals surface area contributed by atoms with Crippen molar-refractivity contribution in [2.24, 2.45) is 0 Å². The van der Waals surface area contributed by atoms with Gasteiger partial charge in [0, 0.05) is 17.1 Å². The largest absolute Gasteiger partial charge is 0.464 e. The van der Waals surface area contributed by atoms with Crippen molar-refractivity contribution in [3.05, 3.63) is 54.9 Å². The molecule has 0 saturated carbocycles. The van der Waals surface area contributed by atoms with Gasteiger partial charge in [-0.2, -0.15) is 0 Å². The third-order valence-electron chi connectivity index (χ3n) is 2.42. The van der Waals surface area contributed by atoms with Gasteiger partial charge in [-0.3, -0.25) is 4.98 Å². The number of nitrogens with zero attached hydrogens (tertiary/aromatic N) is 1. The van der Waals surface area contributed by atoms with E-state index in [0.717, 1.165) is 22.2 Å². The van der Waals surface area contributed by atoms with Crippen molar-refractivity contribution in [3.63, 3.8) is 0 Å². The zero-order chi connectivity index (χ0) is 10.1. The predicted molar refractivity (Wildman–Crippen MR) is 59.4 cm³/mol. The molecule has 1 aromatic carbocycles. The smallest absolute Gasteiger partial charge is 0.134 e. The molecule has 2 heterocycles. The van der Waals surface area contributed by atoms with Crippen molar-refractivity contribution in [3.8, 4) is 11.3 Å². The molecule has 0 amide bonds. The van der Waals surface area contributed by atoms with Crippen molar-refractivity contribution in [2.45, 2.75) is 0 Å². The average Bonchev–Trinajstić information content (AvgIpc) is 2.74. The Morgan fingerprint density at radius 2 is 1.80 bits per heavy atom. The summed E-state index contributed by atoms with van der Waals surface area (Å²) in [6.45, 7) is 0. The zero-order valence-corrected chi connectivity index (χ0v) is 8.05. The maximum absolute atomic E-state index is 5.46. The number of pyridine rings is 1. The van der Waals surface area contributed by atoms with Gasteiger partial charge in [-0.1, -0.05) is 24.3 Å². The van der Waals surface area contributed by atoms with Crippen LogP contribution in [0.4, 0.5) is 0 Å². The second kappa shape index (κ2) is 3.24. The molecular formula is C13H9NO. The summed E-state index contributed by atoms with van der Waals surface area (Å²) in [6, 6.07) is 13.8. The minimum absolute atomic E-state index is 0.901. The molecule has 0 atom stereocenters. The molecule has 0 radical (unpaired) electrons. The van der Waals surface area contributed by atoms with Gasteiger partial charge in [-0.25, -0.2) is 0 Å². The van der Waals surface area contributed by atoms with Gasteiger partial charge in [0.05, 0.1) is 5.69 Å². The van der Waals surface area contributed by atoms with Crippen LogP contribution >= 0.6 is 0 Å². The first kappa shape index (κ1) is 8.24. The minimum Gasteiger partial charge on any atom is -0.464 e. The van der Waals surface area contributed by atoms with Crippen LogP contribution in [0.3, 0.4) is 0 Å². The highest BCUT2D eigenvalue weighted by Crippen LogP contribution is 2.28. The summed E-state index contributed by atoms with van der Waals surface area (Å²) in [5.74, 6) is 0. The van der Waals surface area contributed by atoms with E-state index in [9.17, 15) is 0 Å². The van der Waals surface area contributed by atoms with E-state index >= 15 is 0 Å². The second-order valence-corrected chi connectivity index (χ2v) is 3.36. The molecule has 0 aliphatic heterocycles. The van der Waals surface area contributed by atoms with Crippen LogP contribution in [0.1, 0.15) is 0 Å². The third kappa shape index (κ3) is 1.31. The van der Waals surface area contributed by atoms with Crippen molar-refractivity contribution in [1.29, 1.82) is 0 Å². The molecule has 0 aliphatic carbocycles. The quantitative estimate of drug-likeness (QED) is 0.594. The number of furan rings is 1. The van der Waals surface area contributed by atoms with Crippen molar-refractivity contribution in [2.75, 3.05) is 0 Å². The molecule has 0 fully saturated rings. The van der Waals surface area contributed by atoms with Crippen molar-refractivity contribution in [1.82, 2.24) is 4.98 Å². The van der Waals surface area contributed by atoms with E-state index in [1.807, 2.05) is 42.5 Å². The molecule has 0 aliphatic rings. The molecule has 0 bridgehead atoms. The van der Waals surface area contributed by atoms with Crippen LogP contribution < -0.4 is 0 Å². The average molecular weight is 195 g/mol. The van der Waals surface area contributed by atoms with Gasteiger partial charge in [0.1, 0.15) is 11.8 Å². The van der Waals surface area contributed by atoms with Gasteiger partial charge >= 0.3 is 0 Å². The Hall–Kier alpha value is -2.09. The molecule has 0 spiro atoms. The summed E-state index contributed by atoms with van der Waals surface area (Å²) in [4.78, 5) is 4.31. The van der Waals surface area contributed by atoms with Crippen molar-refractivity contribution >= 4 is 11.0 Å². The van der Waals surface area contributed by atoms with E-state index in [-0.39, 0.29) is 0 Å². The molecular weight excluding hydrogens is 186 g/mol. The molecule has 72 valence electrons. The number of fused-ring (bicyclic) bond motifs is 1.